The predicted molar refractivity (Wildman–Crippen MR) is 71.3 cm³/mol. The Morgan fingerprint density at radius 2 is 2.11 bits per heavy atom. The van der Waals surface area contributed by atoms with Crippen molar-refractivity contribution in [1.82, 2.24) is 9.78 Å². The Kier molecular flexibility index (Phi) is 4.60. The van der Waals surface area contributed by atoms with Gasteiger partial charge in [-0.3, -0.25) is 4.79 Å². The van der Waals surface area contributed by atoms with Gasteiger partial charge in [0.25, 0.3) is 5.56 Å². The lowest BCUT2D eigenvalue weighted by molar-refractivity contribution is 0.169. The second kappa shape index (κ2) is 6.20. The van der Waals surface area contributed by atoms with E-state index in [1.807, 2.05) is 0 Å². The minimum Gasteiger partial charge on any atom is -0.390 e. The van der Waals surface area contributed by atoms with Crippen LogP contribution >= 0.6 is 11.6 Å². The van der Waals surface area contributed by atoms with Gasteiger partial charge in [0.15, 0.2) is 0 Å². The maximum atomic E-state index is 11.9. The molecule has 1 aliphatic rings. The number of aliphatic hydroxyl groups is 1. The molecule has 0 saturated carbocycles. The van der Waals surface area contributed by atoms with Crippen LogP contribution in [0.1, 0.15) is 19.3 Å². The summed E-state index contributed by atoms with van der Waals surface area (Å²) in [7, 11) is 0. The summed E-state index contributed by atoms with van der Waals surface area (Å²) in [4.78, 5) is 14.0. The Morgan fingerprint density at radius 1 is 1.39 bits per heavy atom. The van der Waals surface area contributed by atoms with Crippen molar-refractivity contribution in [2.45, 2.75) is 31.9 Å². The smallest absolute Gasteiger partial charge is 0.268 e. The molecule has 1 N–H and O–H groups in total. The summed E-state index contributed by atoms with van der Waals surface area (Å²) in [5, 5.41) is 13.5. The van der Waals surface area contributed by atoms with Crippen LogP contribution in [-0.4, -0.2) is 40.0 Å². The van der Waals surface area contributed by atoms with Gasteiger partial charge in [-0.25, -0.2) is 4.68 Å². The number of aliphatic hydroxyl groups excluding tert-OH is 1. The van der Waals surface area contributed by atoms with E-state index in [0.717, 1.165) is 31.6 Å². The topological polar surface area (TPSA) is 58.4 Å². The Labute approximate surface area is 111 Å². The number of hydrogen-bond acceptors (Lipinski definition) is 4. The van der Waals surface area contributed by atoms with E-state index in [1.54, 1.807) is 12.3 Å². The van der Waals surface area contributed by atoms with Gasteiger partial charge in [0.2, 0.25) is 0 Å². The first-order valence-corrected chi connectivity index (χ1v) is 6.80. The highest BCUT2D eigenvalue weighted by atomic mass is 35.5. The molecule has 100 valence electrons. The average Bonchev–Trinajstić information content (AvgIpc) is 2.42. The third-order valence-electron chi connectivity index (χ3n) is 3.14. The molecule has 1 atom stereocenters. The number of anilines is 1. The highest BCUT2D eigenvalue weighted by molar-refractivity contribution is 6.18. The number of alkyl halides is 1. The predicted octanol–water partition coefficient (Wildman–Crippen LogP) is 0.833. The summed E-state index contributed by atoms with van der Waals surface area (Å²) < 4.78 is 1.25. The van der Waals surface area contributed by atoms with Crippen LogP contribution in [0.2, 0.25) is 0 Å². The van der Waals surface area contributed by atoms with Crippen LogP contribution in [0.15, 0.2) is 17.1 Å². The van der Waals surface area contributed by atoms with E-state index in [-0.39, 0.29) is 18.0 Å². The van der Waals surface area contributed by atoms with Crippen molar-refractivity contribution in [1.29, 1.82) is 0 Å². The van der Waals surface area contributed by atoms with Crippen LogP contribution in [-0.2, 0) is 6.54 Å². The zero-order valence-corrected chi connectivity index (χ0v) is 11.0. The lowest BCUT2D eigenvalue weighted by atomic mass is 10.1. The number of aromatic nitrogens is 2. The molecule has 0 radical (unpaired) electrons. The molecule has 2 rings (SSSR count). The van der Waals surface area contributed by atoms with Crippen molar-refractivity contribution >= 4 is 17.3 Å². The molecule has 0 spiro atoms. The third-order valence-corrected chi connectivity index (χ3v) is 3.49. The monoisotopic (exact) mass is 271 g/mol. The maximum absolute atomic E-state index is 11.9. The molecule has 18 heavy (non-hydrogen) atoms. The molecular weight excluding hydrogens is 254 g/mol. The fraction of sp³-hybridized carbons (Fsp3) is 0.667. The zero-order chi connectivity index (χ0) is 13.0. The van der Waals surface area contributed by atoms with Gasteiger partial charge in [-0.1, -0.05) is 0 Å². The highest BCUT2D eigenvalue weighted by Crippen LogP contribution is 2.16. The number of nitrogens with zero attached hydrogens (tertiary/aromatic N) is 3. The Balaban J connectivity index is 2.11. The van der Waals surface area contributed by atoms with E-state index in [9.17, 15) is 9.90 Å². The summed E-state index contributed by atoms with van der Waals surface area (Å²) in [5.74, 6) is 0.0992. The van der Waals surface area contributed by atoms with Crippen LogP contribution in [0.4, 0.5) is 5.69 Å². The SMILES string of the molecule is O=c1cc(N2CCCCC2)cnn1CC(O)CCl. The fourth-order valence-corrected chi connectivity index (χ4v) is 2.23. The van der Waals surface area contributed by atoms with Gasteiger partial charge in [0, 0.05) is 19.2 Å². The van der Waals surface area contributed by atoms with Crippen molar-refractivity contribution in [3.05, 3.63) is 22.6 Å². The van der Waals surface area contributed by atoms with E-state index in [4.69, 9.17) is 11.6 Å². The second-order valence-corrected chi connectivity index (χ2v) is 4.90. The van der Waals surface area contributed by atoms with E-state index in [0.29, 0.717) is 0 Å². The quantitative estimate of drug-likeness (QED) is 0.825. The van der Waals surface area contributed by atoms with Crippen molar-refractivity contribution in [2.75, 3.05) is 23.9 Å². The largest absolute Gasteiger partial charge is 0.390 e. The van der Waals surface area contributed by atoms with E-state index in [1.165, 1.54) is 11.1 Å². The van der Waals surface area contributed by atoms with Crippen LogP contribution in [0, 0.1) is 0 Å². The number of rotatable bonds is 4. The third kappa shape index (κ3) is 3.23. The van der Waals surface area contributed by atoms with Gasteiger partial charge < -0.3 is 10.0 Å². The molecular formula is C12H18ClN3O2. The summed E-state index contributed by atoms with van der Waals surface area (Å²) in [6.45, 7) is 2.10. The summed E-state index contributed by atoms with van der Waals surface area (Å²) in [6.07, 6.45) is 4.52. The lowest BCUT2D eigenvalue weighted by Gasteiger charge is -2.28. The number of piperidine rings is 1. The van der Waals surface area contributed by atoms with E-state index < -0.39 is 6.10 Å². The Bertz CT molecular complexity index is 443. The van der Waals surface area contributed by atoms with Gasteiger partial charge in [0.05, 0.1) is 30.4 Å². The van der Waals surface area contributed by atoms with Gasteiger partial charge in [0.1, 0.15) is 0 Å². The minimum absolute atomic E-state index is 0.0992. The molecule has 0 bridgehead atoms. The van der Waals surface area contributed by atoms with Crippen LogP contribution in [0.5, 0.6) is 0 Å². The van der Waals surface area contributed by atoms with Gasteiger partial charge in [-0.05, 0) is 19.3 Å². The first-order chi connectivity index (χ1) is 8.70. The lowest BCUT2D eigenvalue weighted by Crippen LogP contribution is -2.33. The summed E-state index contributed by atoms with van der Waals surface area (Å²) in [6, 6.07) is 1.58. The van der Waals surface area contributed by atoms with Crippen molar-refractivity contribution in [2.24, 2.45) is 0 Å². The average molecular weight is 272 g/mol. The molecule has 1 aromatic heterocycles. The van der Waals surface area contributed by atoms with Crippen molar-refractivity contribution < 1.29 is 5.11 Å². The molecule has 1 aromatic rings. The summed E-state index contributed by atoms with van der Waals surface area (Å²) >= 11 is 5.51. The highest BCUT2D eigenvalue weighted by Gasteiger charge is 2.13. The standard InChI is InChI=1S/C12H18ClN3O2/c13-7-11(17)9-16-12(18)6-10(8-14-16)15-4-2-1-3-5-15/h6,8,11,17H,1-5,7,9H2. The van der Waals surface area contributed by atoms with Gasteiger partial charge in [-0.2, -0.15) is 5.10 Å². The van der Waals surface area contributed by atoms with Crippen LogP contribution < -0.4 is 10.5 Å². The van der Waals surface area contributed by atoms with Gasteiger partial charge >= 0.3 is 0 Å². The molecule has 1 fully saturated rings. The molecule has 0 amide bonds. The fourth-order valence-electron chi connectivity index (χ4n) is 2.13. The number of hydrogen-bond donors (Lipinski definition) is 1. The minimum atomic E-state index is -0.738. The normalized spacial score (nSPS) is 17.8. The summed E-state index contributed by atoms with van der Waals surface area (Å²) in [5.41, 5.74) is 0.679. The Morgan fingerprint density at radius 3 is 2.72 bits per heavy atom. The first-order valence-electron chi connectivity index (χ1n) is 6.27. The molecule has 2 heterocycles. The van der Waals surface area contributed by atoms with Crippen LogP contribution in [0.3, 0.4) is 0 Å². The van der Waals surface area contributed by atoms with Crippen molar-refractivity contribution in [3.8, 4) is 0 Å². The molecule has 5 nitrogen and oxygen atoms in total. The molecule has 0 aromatic carbocycles. The first kappa shape index (κ1) is 13.4. The molecule has 0 aliphatic carbocycles. The van der Waals surface area contributed by atoms with E-state index in [2.05, 4.69) is 10.00 Å². The molecule has 1 unspecified atom stereocenters. The maximum Gasteiger partial charge on any atom is 0.268 e. The molecule has 1 aliphatic heterocycles. The van der Waals surface area contributed by atoms with Crippen molar-refractivity contribution in [3.63, 3.8) is 0 Å². The number of halogens is 1. The Hall–Kier alpha value is -1.07. The molecule has 1 saturated heterocycles. The van der Waals surface area contributed by atoms with E-state index >= 15 is 0 Å². The zero-order valence-electron chi connectivity index (χ0n) is 10.3. The second-order valence-electron chi connectivity index (χ2n) is 4.59. The van der Waals surface area contributed by atoms with Gasteiger partial charge in [-0.15, -0.1) is 11.6 Å². The molecule has 6 heteroatoms. The van der Waals surface area contributed by atoms with Crippen LogP contribution in [0.25, 0.3) is 0 Å².